The third-order valence-electron chi connectivity index (χ3n) is 3.34. The second-order valence-corrected chi connectivity index (χ2v) is 4.83. The Kier molecular flexibility index (Phi) is 5.02. The number of amides is 1. The second-order valence-electron chi connectivity index (χ2n) is 4.83. The Hall–Kier alpha value is -0.320. The van der Waals surface area contributed by atoms with Gasteiger partial charge in [0.2, 0.25) is 5.91 Å². The molecule has 0 aliphatic carbocycles. The molecular weight excluding hydrogens is 228 g/mol. The number of hydrogen-bond donors (Lipinski definition) is 2. The molecular formula is C11H21ClN2O2. The molecule has 1 amide bonds. The number of ether oxygens (including phenoxy) is 1. The normalized spacial score (nSPS) is 30.1. The molecule has 0 radical (unpaired) electrons. The molecule has 0 aromatic heterocycles. The lowest BCUT2D eigenvalue weighted by Gasteiger charge is -2.35. The molecule has 2 aliphatic heterocycles. The van der Waals surface area contributed by atoms with Gasteiger partial charge in [0, 0.05) is 26.2 Å². The van der Waals surface area contributed by atoms with E-state index in [1.165, 1.54) is 6.42 Å². The van der Waals surface area contributed by atoms with Crippen molar-refractivity contribution in [3.63, 3.8) is 0 Å². The van der Waals surface area contributed by atoms with Crippen LogP contribution in [-0.4, -0.2) is 37.7 Å². The van der Waals surface area contributed by atoms with Crippen LogP contribution in [-0.2, 0) is 9.53 Å². The summed E-state index contributed by atoms with van der Waals surface area (Å²) in [6, 6.07) is 0. The number of hydrogen-bond acceptors (Lipinski definition) is 3. The number of rotatable bonds is 3. The van der Waals surface area contributed by atoms with Gasteiger partial charge in [-0.3, -0.25) is 4.79 Å². The summed E-state index contributed by atoms with van der Waals surface area (Å²) in [6.45, 7) is 5.22. The SMILES string of the molecule is CC1(CNC(=O)C2CNC2)CCCCO1.Cl. The van der Waals surface area contributed by atoms with E-state index in [0.29, 0.717) is 6.54 Å². The second kappa shape index (κ2) is 5.84. The molecule has 1 unspecified atom stereocenters. The third kappa shape index (κ3) is 3.34. The van der Waals surface area contributed by atoms with Crippen LogP contribution < -0.4 is 10.6 Å². The van der Waals surface area contributed by atoms with Crippen molar-refractivity contribution in [2.75, 3.05) is 26.2 Å². The summed E-state index contributed by atoms with van der Waals surface area (Å²) < 4.78 is 5.72. The van der Waals surface area contributed by atoms with Gasteiger partial charge in [0.1, 0.15) is 0 Å². The van der Waals surface area contributed by atoms with Gasteiger partial charge in [-0.05, 0) is 26.2 Å². The fourth-order valence-corrected chi connectivity index (χ4v) is 2.02. The van der Waals surface area contributed by atoms with Crippen molar-refractivity contribution < 1.29 is 9.53 Å². The summed E-state index contributed by atoms with van der Waals surface area (Å²) >= 11 is 0. The van der Waals surface area contributed by atoms with E-state index < -0.39 is 0 Å². The van der Waals surface area contributed by atoms with Crippen molar-refractivity contribution in [2.24, 2.45) is 5.92 Å². The fourth-order valence-electron chi connectivity index (χ4n) is 2.02. The first kappa shape index (κ1) is 13.7. The Morgan fingerprint density at radius 3 is 2.75 bits per heavy atom. The van der Waals surface area contributed by atoms with E-state index in [1.54, 1.807) is 0 Å². The van der Waals surface area contributed by atoms with Gasteiger partial charge in [-0.25, -0.2) is 0 Å². The van der Waals surface area contributed by atoms with Crippen molar-refractivity contribution in [1.29, 1.82) is 0 Å². The molecule has 0 aromatic carbocycles. The van der Waals surface area contributed by atoms with Gasteiger partial charge in [0.25, 0.3) is 0 Å². The fraction of sp³-hybridized carbons (Fsp3) is 0.909. The van der Waals surface area contributed by atoms with Gasteiger partial charge in [-0.1, -0.05) is 0 Å². The summed E-state index contributed by atoms with van der Waals surface area (Å²) in [7, 11) is 0. The molecule has 2 aliphatic rings. The summed E-state index contributed by atoms with van der Waals surface area (Å²) in [5.41, 5.74) is -0.134. The maximum absolute atomic E-state index is 11.6. The predicted molar refractivity (Wildman–Crippen MR) is 64.8 cm³/mol. The monoisotopic (exact) mass is 248 g/mol. The number of carbonyl (C=O) groups is 1. The first-order valence-electron chi connectivity index (χ1n) is 5.82. The molecule has 4 nitrogen and oxygen atoms in total. The van der Waals surface area contributed by atoms with Gasteiger partial charge < -0.3 is 15.4 Å². The van der Waals surface area contributed by atoms with Crippen LogP contribution in [0, 0.1) is 5.92 Å². The zero-order valence-electron chi connectivity index (χ0n) is 9.75. The van der Waals surface area contributed by atoms with Gasteiger partial charge in [-0.2, -0.15) is 0 Å². The van der Waals surface area contributed by atoms with E-state index in [0.717, 1.165) is 32.5 Å². The average molecular weight is 249 g/mol. The van der Waals surface area contributed by atoms with Crippen LogP contribution in [0.4, 0.5) is 0 Å². The first-order valence-corrected chi connectivity index (χ1v) is 5.82. The molecule has 0 spiro atoms. The highest BCUT2D eigenvalue weighted by Crippen LogP contribution is 2.23. The summed E-state index contributed by atoms with van der Waals surface area (Å²) in [5.74, 6) is 0.348. The molecule has 2 fully saturated rings. The lowest BCUT2D eigenvalue weighted by Crippen LogP contribution is -2.53. The van der Waals surface area contributed by atoms with E-state index in [1.807, 2.05) is 0 Å². The van der Waals surface area contributed by atoms with E-state index >= 15 is 0 Å². The van der Waals surface area contributed by atoms with Crippen molar-refractivity contribution in [3.05, 3.63) is 0 Å². The lowest BCUT2D eigenvalue weighted by atomic mass is 9.95. The van der Waals surface area contributed by atoms with Gasteiger partial charge in [0.15, 0.2) is 0 Å². The highest BCUT2D eigenvalue weighted by molar-refractivity contribution is 5.85. The molecule has 1 atom stereocenters. The summed E-state index contributed by atoms with van der Waals surface area (Å²) in [4.78, 5) is 11.6. The Labute approximate surface area is 103 Å². The van der Waals surface area contributed by atoms with Gasteiger partial charge in [0.05, 0.1) is 11.5 Å². The largest absolute Gasteiger partial charge is 0.373 e. The predicted octanol–water partition coefficient (Wildman–Crippen LogP) is 0.703. The zero-order valence-corrected chi connectivity index (χ0v) is 10.6. The average Bonchev–Trinajstić information content (AvgIpc) is 2.14. The summed E-state index contributed by atoms with van der Waals surface area (Å²) in [6.07, 6.45) is 3.41. The first-order chi connectivity index (χ1) is 7.20. The van der Waals surface area contributed by atoms with E-state index in [-0.39, 0.29) is 29.8 Å². The van der Waals surface area contributed by atoms with Gasteiger partial charge in [-0.15, -0.1) is 12.4 Å². The van der Waals surface area contributed by atoms with Gasteiger partial charge >= 0.3 is 0 Å². The maximum atomic E-state index is 11.6. The Morgan fingerprint density at radius 1 is 1.50 bits per heavy atom. The highest BCUT2D eigenvalue weighted by atomic mass is 35.5. The molecule has 0 aromatic rings. The molecule has 94 valence electrons. The van der Waals surface area contributed by atoms with Crippen molar-refractivity contribution in [2.45, 2.75) is 31.8 Å². The quantitative estimate of drug-likeness (QED) is 0.773. The van der Waals surface area contributed by atoms with Crippen molar-refractivity contribution in [1.82, 2.24) is 10.6 Å². The zero-order chi connectivity index (χ0) is 10.7. The Morgan fingerprint density at radius 2 is 2.25 bits per heavy atom. The van der Waals surface area contributed by atoms with E-state index in [2.05, 4.69) is 17.6 Å². The molecule has 0 saturated carbocycles. The smallest absolute Gasteiger partial charge is 0.225 e. The molecule has 2 saturated heterocycles. The Balaban J connectivity index is 0.00000128. The molecule has 0 bridgehead atoms. The number of nitrogens with one attached hydrogen (secondary N) is 2. The lowest BCUT2D eigenvalue weighted by molar-refractivity contribution is -0.129. The highest BCUT2D eigenvalue weighted by Gasteiger charge is 2.30. The molecule has 2 heterocycles. The standard InChI is InChI=1S/C11H20N2O2.ClH/c1-11(4-2-3-5-15-11)8-13-10(14)9-6-12-7-9;/h9,12H,2-8H2,1H3,(H,13,14);1H. The molecule has 5 heteroatoms. The van der Waals surface area contributed by atoms with E-state index in [9.17, 15) is 4.79 Å². The minimum absolute atomic E-state index is 0. The van der Waals surface area contributed by atoms with Crippen LogP contribution >= 0.6 is 12.4 Å². The topological polar surface area (TPSA) is 50.4 Å². The minimum atomic E-state index is -0.134. The van der Waals surface area contributed by atoms with Crippen molar-refractivity contribution >= 4 is 18.3 Å². The summed E-state index contributed by atoms with van der Waals surface area (Å²) in [5, 5.41) is 6.09. The van der Waals surface area contributed by atoms with Crippen LogP contribution in [0.15, 0.2) is 0 Å². The maximum Gasteiger partial charge on any atom is 0.225 e. The van der Waals surface area contributed by atoms with Crippen LogP contribution in [0.1, 0.15) is 26.2 Å². The third-order valence-corrected chi connectivity index (χ3v) is 3.34. The van der Waals surface area contributed by atoms with Crippen LogP contribution in [0.5, 0.6) is 0 Å². The van der Waals surface area contributed by atoms with Crippen LogP contribution in [0.25, 0.3) is 0 Å². The number of carbonyl (C=O) groups excluding carboxylic acids is 1. The molecule has 2 N–H and O–H groups in total. The minimum Gasteiger partial charge on any atom is -0.373 e. The van der Waals surface area contributed by atoms with Crippen LogP contribution in [0.3, 0.4) is 0 Å². The van der Waals surface area contributed by atoms with Crippen molar-refractivity contribution in [3.8, 4) is 0 Å². The van der Waals surface area contributed by atoms with E-state index in [4.69, 9.17) is 4.74 Å². The Bertz CT molecular complexity index is 238. The molecule has 16 heavy (non-hydrogen) atoms. The molecule has 2 rings (SSSR count). The number of halogens is 1. The van der Waals surface area contributed by atoms with Crippen LogP contribution in [0.2, 0.25) is 0 Å².